The van der Waals surface area contributed by atoms with E-state index in [1.807, 2.05) is 35.7 Å². The number of para-hydroxylation sites is 1. The van der Waals surface area contributed by atoms with Gasteiger partial charge in [0, 0.05) is 6.42 Å². The van der Waals surface area contributed by atoms with Crippen molar-refractivity contribution in [2.75, 3.05) is 6.79 Å². The number of hydrogen-bond donors (Lipinski definition) is 0. The Bertz CT molecular complexity index is 752. The molecule has 0 saturated carbocycles. The number of aromatic nitrogens is 2. The van der Waals surface area contributed by atoms with E-state index >= 15 is 0 Å². The molecule has 2 aromatic heterocycles. The minimum Gasteiger partial charge on any atom is -0.454 e. The molecule has 4 rings (SSSR count). The normalized spacial score (nSPS) is 12.8. The standard InChI is InChI=1S/C15H12N2O3S/c1-3-10(14-11(4-1)18-9-19-14)6-7-13-16-15(17-20-13)12-5-2-8-21-12/h1-5,8H,6-7,9H2. The third kappa shape index (κ3) is 2.38. The van der Waals surface area contributed by atoms with Gasteiger partial charge in [-0.1, -0.05) is 23.4 Å². The van der Waals surface area contributed by atoms with Crippen LogP contribution >= 0.6 is 11.3 Å². The maximum absolute atomic E-state index is 5.49. The molecule has 0 bridgehead atoms. The fourth-order valence-electron chi connectivity index (χ4n) is 2.29. The summed E-state index contributed by atoms with van der Waals surface area (Å²) in [5.74, 6) is 2.92. The van der Waals surface area contributed by atoms with E-state index in [1.165, 1.54) is 0 Å². The Labute approximate surface area is 125 Å². The molecule has 0 fully saturated rings. The van der Waals surface area contributed by atoms with Gasteiger partial charge in [-0.05, 0) is 29.5 Å². The van der Waals surface area contributed by atoms with Crippen molar-refractivity contribution in [2.24, 2.45) is 0 Å². The number of nitrogens with zero attached hydrogens (tertiary/aromatic N) is 2. The molecule has 0 atom stereocenters. The first kappa shape index (κ1) is 12.4. The second-order valence-electron chi connectivity index (χ2n) is 4.64. The summed E-state index contributed by atoms with van der Waals surface area (Å²) in [5.41, 5.74) is 1.10. The molecular weight excluding hydrogens is 288 g/mol. The summed E-state index contributed by atoms with van der Waals surface area (Å²) in [5, 5.41) is 6.01. The average molecular weight is 300 g/mol. The van der Waals surface area contributed by atoms with Crippen LogP contribution in [-0.4, -0.2) is 16.9 Å². The molecule has 0 amide bonds. The van der Waals surface area contributed by atoms with E-state index < -0.39 is 0 Å². The third-order valence-corrected chi connectivity index (χ3v) is 4.16. The summed E-state index contributed by atoms with van der Waals surface area (Å²) in [6, 6.07) is 9.86. The van der Waals surface area contributed by atoms with Crippen LogP contribution in [0, 0.1) is 0 Å². The lowest BCUT2D eigenvalue weighted by Crippen LogP contribution is -1.96. The van der Waals surface area contributed by atoms with E-state index in [9.17, 15) is 0 Å². The van der Waals surface area contributed by atoms with Crippen LogP contribution in [0.2, 0.25) is 0 Å². The van der Waals surface area contributed by atoms with E-state index in [2.05, 4.69) is 10.1 Å². The fraction of sp³-hybridized carbons (Fsp3) is 0.200. The first-order valence-electron chi connectivity index (χ1n) is 6.64. The maximum Gasteiger partial charge on any atom is 0.231 e. The lowest BCUT2D eigenvalue weighted by atomic mass is 10.1. The molecule has 0 saturated heterocycles. The van der Waals surface area contributed by atoms with Gasteiger partial charge in [0.2, 0.25) is 18.5 Å². The smallest absolute Gasteiger partial charge is 0.231 e. The predicted octanol–water partition coefficient (Wildman–Crippen LogP) is 3.31. The van der Waals surface area contributed by atoms with Crippen LogP contribution < -0.4 is 9.47 Å². The summed E-state index contributed by atoms with van der Waals surface area (Å²) in [4.78, 5) is 5.44. The molecule has 0 unspecified atom stereocenters. The van der Waals surface area contributed by atoms with Gasteiger partial charge in [0.25, 0.3) is 0 Å². The monoisotopic (exact) mass is 300 g/mol. The summed E-state index contributed by atoms with van der Waals surface area (Å²) in [7, 11) is 0. The Balaban J connectivity index is 1.49. The van der Waals surface area contributed by atoms with Crippen LogP contribution in [-0.2, 0) is 12.8 Å². The molecule has 0 radical (unpaired) electrons. The Morgan fingerprint density at radius 1 is 1.10 bits per heavy atom. The number of benzene rings is 1. The van der Waals surface area contributed by atoms with Gasteiger partial charge in [0.15, 0.2) is 11.5 Å². The molecule has 0 aliphatic carbocycles. The highest BCUT2D eigenvalue weighted by Gasteiger charge is 2.18. The first-order valence-corrected chi connectivity index (χ1v) is 7.52. The molecule has 3 aromatic rings. The zero-order valence-corrected chi connectivity index (χ0v) is 11.9. The molecule has 106 valence electrons. The molecule has 0 N–H and O–H groups in total. The van der Waals surface area contributed by atoms with E-state index in [0.717, 1.165) is 28.4 Å². The van der Waals surface area contributed by atoms with E-state index in [4.69, 9.17) is 14.0 Å². The molecule has 21 heavy (non-hydrogen) atoms. The van der Waals surface area contributed by atoms with Gasteiger partial charge in [-0.25, -0.2) is 0 Å². The SMILES string of the molecule is c1csc(-c2noc(CCc3cccc4c3OCO4)n2)c1. The largest absolute Gasteiger partial charge is 0.454 e. The van der Waals surface area contributed by atoms with Crippen molar-refractivity contribution in [3.8, 4) is 22.2 Å². The zero-order chi connectivity index (χ0) is 14.1. The predicted molar refractivity (Wildman–Crippen MR) is 77.6 cm³/mol. The molecule has 0 spiro atoms. The van der Waals surface area contributed by atoms with Crippen molar-refractivity contribution in [3.05, 3.63) is 47.2 Å². The van der Waals surface area contributed by atoms with Gasteiger partial charge in [-0.15, -0.1) is 11.3 Å². The summed E-state index contributed by atoms with van der Waals surface area (Å²) >= 11 is 1.60. The third-order valence-electron chi connectivity index (χ3n) is 3.30. The summed E-state index contributed by atoms with van der Waals surface area (Å²) < 4.78 is 16.2. The van der Waals surface area contributed by atoms with Gasteiger partial charge in [0.05, 0.1) is 4.88 Å². The van der Waals surface area contributed by atoms with Crippen molar-refractivity contribution in [2.45, 2.75) is 12.8 Å². The Hall–Kier alpha value is -2.34. The van der Waals surface area contributed by atoms with Gasteiger partial charge in [-0.2, -0.15) is 4.98 Å². The van der Waals surface area contributed by atoms with Crippen molar-refractivity contribution in [1.82, 2.24) is 10.1 Å². The van der Waals surface area contributed by atoms with Crippen LogP contribution in [0.4, 0.5) is 0 Å². The van der Waals surface area contributed by atoms with Gasteiger partial charge >= 0.3 is 0 Å². The summed E-state index contributed by atoms with van der Waals surface area (Å²) in [6.45, 7) is 0.287. The number of thiophene rings is 1. The number of rotatable bonds is 4. The lowest BCUT2D eigenvalue weighted by Gasteiger charge is -2.03. The van der Waals surface area contributed by atoms with Crippen LogP contribution in [0.5, 0.6) is 11.5 Å². The van der Waals surface area contributed by atoms with E-state index in [0.29, 0.717) is 18.1 Å². The zero-order valence-electron chi connectivity index (χ0n) is 11.1. The molecule has 1 aliphatic rings. The van der Waals surface area contributed by atoms with Crippen LogP contribution in [0.15, 0.2) is 40.2 Å². The van der Waals surface area contributed by atoms with Crippen molar-refractivity contribution >= 4 is 11.3 Å². The molecule has 5 nitrogen and oxygen atoms in total. The van der Waals surface area contributed by atoms with Gasteiger partial charge < -0.3 is 14.0 Å². The highest BCUT2D eigenvalue weighted by atomic mass is 32.1. The van der Waals surface area contributed by atoms with Crippen LogP contribution in [0.25, 0.3) is 10.7 Å². The molecule has 1 aromatic carbocycles. The Morgan fingerprint density at radius 3 is 3.00 bits per heavy atom. The van der Waals surface area contributed by atoms with Gasteiger partial charge in [-0.3, -0.25) is 0 Å². The first-order chi connectivity index (χ1) is 10.4. The fourth-order valence-corrected chi connectivity index (χ4v) is 2.94. The lowest BCUT2D eigenvalue weighted by molar-refractivity contribution is 0.173. The summed E-state index contributed by atoms with van der Waals surface area (Å²) in [6.07, 6.45) is 1.46. The van der Waals surface area contributed by atoms with E-state index in [-0.39, 0.29) is 6.79 Å². The Kier molecular flexibility index (Phi) is 3.08. The van der Waals surface area contributed by atoms with Crippen LogP contribution in [0.3, 0.4) is 0 Å². The highest BCUT2D eigenvalue weighted by molar-refractivity contribution is 7.13. The minimum atomic E-state index is 0.287. The number of ether oxygens (including phenoxy) is 2. The van der Waals surface area contributed by atoms with Gasteiger partial charge in [0.1, 0.15) is 0 Å². The quantitative estimate of drug-likeness (QED) is 0.740. The van der Waals surface area contributed by atoms with Crippen LogP contribution in [0.1, 0.15) is 11.5 Å². The number of fused-ring (bicyclic) bond motifs is 1. The molecule has 3 heterocycles. The minimum absolute atomic E-state index is 0.287. The molecular formula is C15H12N2O3S. The molecule has 6 heteroatoms. The maximum atomic E-state index is 5.49. The Morgan fingerprint density at radius 2 is 2.10 bits per heavy atom. The van der Waals surface area contributed by atoms with Crippen molar-refractivity contribution in [1.29, 1.82) is 0 Å². The topological polar surface area (TPSA) is 57.4 Å². The van der Waals surface area contributed by atoms with Crippen molar-refractivity contribution in [3.63, 3.8) is 0 Å². The number of hydrogen-bond acceptors (Lipinski definition) is 6. The number of aryl methyl sites for hydroxylation is 2. The average Bonchev–Trinajstić information content (AvgIpc) is 3.23. The van der Waals surface area contributed by atoms with Crippen molar-refractivity contribution < 1.29 is 14.0 Å². The second-order valence-corrected chi connectivity index (χ2v) is 5.59. The van der Waals surface area contributed by atoms with E-state index in [1.54, 1.807) is 11.3 Å². The highest BCUT2D eigenvalue weighted by Crippen LogP contribution is 2.35. The molecule has 1 aliphatic heterocycles. The second kappa shape index (κ2) is 5.21.